The summed E-state index contributed by atoms with van der Waals surface area (Å²) in [5.41, 5.74) is 2.08. The topological polar surface area (TPSA) is 81.0 Å². The van der Waals surface area contributed by atoms with Gasteiger partial charge < -0.3 is 4.90 Å². The highest BCUT2D eigenvalue weighted by atomic mass is 16.2. The molecular formula is C20H19N5O2. The van der Waals surface area contributed by atoms with Crippen LogP contribution in [-0.4, -0.2) is 49.9 Å². The minimum atomic E-state index is -0.0319. The molecule has 27 heavy (non-hydrogen) atoms. The molecule has 4 rings (SSSR count). The summed E-state index contributed by atoms with van der Waals surface area (Å²) in [4.78, 5) is 27.3. The maximum Gasteiger partial charge on any atom is 0.253 e. The number of tetrazole rings is 1. The minimum absolute atomic E-state index is 0.0241. The third-order valence-electron chi connectivity index (χ3n) is 4.92. The second-order valence-electron chi connectivity index (χ2n) is 6.60. The van der Waals surface area contributed by atoms with Crippen LogP contribution in [-0.2, 0) is 0 Å². The van der Waals surface area contributed by atoms with Crippen molar-refractivity contribution in [2.45, 2.75) is 12.8 Å². The van der Waals surface area contributed by atoms with E-state index >= 15 is 0 Å². The highest BCUT2D eigenvalue weighted by Gasteiger charge is 2.28. The Hall–Kier alpha value is -3.35. The smallest absolute Gasteiger partial charge is 0.253 e. The lowest BCUT2D eigenvalue weighted by Crippen LogP contribution is -2.40. The van der Waals surface area contributed by atoms with Crippen LogP contribution in [0.25, 0.3) is 5.69 Å². The van der Waals surface area contributed by atoms with Gasteiger partial charge in [-0.2, -0.15) is 0 Å². The highest BCUT2D eigenvalue weighted by Crippen LogP contribution is 2.23. The number of hydrogen-bond donors (Lipinski definition) is 0. The van der Waals surface area contributed by atoms with Crippen LogP contribution in [0, 0.1) is 5.92 Å². The molecule has 0 aliphatic carbocycles. The number of likely N-dealkylation sites (tertiary alicyclic amines) is 1. The van der Waals surface area contributed by atoms with E-state index in [4.69, 9.17) is 0 Å². The maximum atomic E-state index is 12.8. The highest BCUT2D eigenvalue weighted by molar-refractivity contribution is 5.98. The van der Waals surface area contributed by atoms with Gasteiger partial charge in [0.25, 0.3) is 5.91 Å². The first-order valence-corrected chi connectivity index (χ1v) is 8.94. The summed E-state index contributed by atoms with van der Waals surface area (Å²) >= 11 is 0. The summed E-state index contributed by atoms with van der Waals surface area (Å²) in [6, 6.07) is 16.6. The Morgan fingerprint density at radius 3 is 2.37 bits per heavy atom. The SMILES string of the molecule is O=C(c1ccccc1)C1CCN(C(=O)c2cccc(-n3cnnn3)c2)CC1. The first-order valence-electron chi connectivity index (χ1n) is 8.94. The standard InChI is InChI=1S/C20H19N5O2/c26-19(15-5-2-1-3-6-15)16-9-11-24(12-10-16)20(27)17-7-4-8-18(13-17)25-14-21-22-23-25/h1-8,13-14,16H,9-12H2. The molecule has 136 valence electrons. The molecule has 0 spiro atoms. The van der Waals surface area contributed by atoms with Crippen molar-refractivity contribution in [2.24, 2.45) is 5.92 Å². The Morgan fingerprint density at radius 1 is 0.926 bits per heavy atom. The number of hydrogen-bond acceptors (Lipinski definition) is 5. The van der Waals surface area contributed by atoms with Gasteiger partial charge in [0.15, 0.2) is 5.78 Å². The van der Waals surface area contributed by atoms with Gasteiger partial charge in [0.05, 0.1) is 5.69 Å². The molecule has 0 radical (unpaired) electrons. The molecule has 1 aromatic heterocycles. The van der Waals surface area contributed by atoms with Gasteiger partial charge in [0, 0.05) is 30.1 Å². The zero-order valence-corrected chi connectivity index (χ0v) is 14.7. The number of benzene rings is 2. The molecule has 0 unspecified atom stereocenters. The molecule has 3 aromatic rings. The molecule has 1 fully saturated rings. The second-order valence-corrected chi connectivity index (χ2v) is 6.60. The van der Waals surface area contributed by atoms with Crippen LogP contribution in [0.15, 0.2) is 60.9 Å². The fraction of sp³-hybridized carbons (Fsp3) is 0.250. The molecule has 2 heterocycles. The summed E-state index contributed by atoms with van der Waals surface area (Å²) < 4.78 is 1.52. The Morgan fingerprint density at radius 2 is 1.67 bits per heavy atom. The molecule has 0 N–H and O–H groups in total. The number of aromatic nitrogens is 4. The molecule has 1 saturated heterocycles. The monoisotopic (exact) mass is 361 g/mol. The largest absolute Gasteiger partial charge is 0.339 e. The van der Waals surface area contributed by atoms with E-state index in [1.54, 1.807) is 12.1 Å². The predicted octanol–water partition coefficient (Wildman–Crippen LogP) is 2.40. The number of nitrogens with zero attached hydrogens (tertiary/aromatic N) is 5. The fourth-order valence-electron chi connectivity index (χ4n) is 3.43. The molecule has 7 nitrogen and oxygen atoms in total. The van der Waals surface area contributed by atoms with Gasteiger partial charge in [-0.1, -0.05) is 36.4 Å². The van der Waals surface area contributed by atoms with Gasteiger partial charge in [0.1, 0.15) is 6.33 Å². The summed E-state index contributed by atoms with van der Waals surface area (Å²) in [6.45, 7) is 1.16. The first kappa shape index (κ1) is 17.1. The van der Waals surface area contributed by atoms with Gasteiger partial charge in [-0.3, -0.25) is 9.59 Å². The Kier molecular flexibility index (Phi) is 4.74. The third kappa shape index (κ3) is 3.62. The van der Waals surface area contributed by atoms with E-state index in [-0.39, 0.29) is 17.6 Å². The summed E-state index contributed by atoms with van der Waals surface area (Å²) in [6.07, 6.45) is 2.86. The Balaban J connectivity index is 1.42. The number of rotatable bonds is 4. The third-order valence-corrected chi connectivity index (χ3v) is 4.92. The lowest BCUT2D eigenvalue weighted by molar-refractivity contribution is 0.0650. The van der Waals surface area contributed by atoms with Crippen LogP contribution in [0.2, 0.25) is 0 Å². The Bertz CT molecular complexity index is 932. The molecule has 0 saturated carbocycles. The molecule has 1 amide bonds. The zero-order chi connectivity index (χ0) is 18.6. The van der Waals surface area contributed by atoms with E-state index in [0.717, 1.165) is 11.3 Å². The number of piperidine rings is 1. The van der Waals surface area contributed by atoms with E-state index in [9.17, 15) is 9.59 Å². The number of carbonyl (C=O) groups excluding carboxylic acids is 2. The van der Waals surface area contributed by atoms with Gasteiger partial charge in [-0.25, -0.2) is 4.68 Å². The molecule has 0 bridgehead atoms. The predicted molar refractivity (Wildman–Crippen MR) is 98.6 cm³/mol. The quantitative estimate of drug-likeness (QED) is 0.667. The van der Waals surface area contributed by atoms with E-state index < -0.39 is 0 Å². The van der Waals surface area contributed by atoms with E-state index in [1.807, 2.05) is 47.4 Å². The second kappa shape index (κ2) is 7.49. The zero-order valence-electron chi connectivity index (χ0n) is 14.7. The van der Waals surface area contributed by atoms with Crippen LogP contribution >= 0.6 is 0 Å². The molecule has 1 aliphatic rings. The van der Waals surface area contributed by atoms with Crippen molar-refractivity contribution in [1.29, 1.82) is 0 Å². The van der Waals surface area contributed by atoms with Crippen molar-refractivity contribution in [3.63, 3.8) is 0 Å². The normalized spacial score (nSPS) is 14.9. The number of carbonyl (C=O) groups is 2. The van der Waals surface area contributed by atoms with Gasteiger partial charge in [0.2, 0.25) is 0 Å². The van der Waals surface area contributed by atoms with E-state index in [1.165, 1.54) is 11.0 Å². The average Bonchev–Trinajstić information content (AvgIpc) is 3.29. The van der Waals surface area contributed by atoms with Crippen molar-refractivity contribution in [3.8, 4) is 5.69 Å². The minimum Gasteiger partial charge on any atom is -0.339 e. The number of Topliss-reactive ketones (excluding diaryl/α,β-unsaturated/α-hetero) is 1. The van der Waals surface area contributed by atoms with Crippen molar-refractivity contribution >= 4 is 11.7 Å². The first-order chi connectivity index (χ1) is 13.2. The van der Waals surface area contributed by atoms with Crippen molar-refractivity contribution in [1.82, 2.24) is 25.1 Å². The number of ketones is 1. The lowest BCUT2D eigenvalue weighted by Gasteiger charge is -2.31. The Labute approximate surface area is 156 Å². The van der Waals surface area contributed by atoms with Crippen LogP contribution in [0.5, 0.6) is 0 Å². The summed E-state index contributed by atoms with van der Waals surface area (Å²) in [5, 5.41) is 11.1. The molecular weight excluding hydrogens is 342 g/mol. The molecule has 1 aliphatic heterocycles. The fourth-order valence-corrected chi connectivity index (χ4v) is 3.43. The van der Waals surface area contributed by atoms with Gasteiger partial charge in [-0.15, -0.1) is 5.10 Å². The van der Waals surface area contributed by atoms with Crippen molar-refractivity contribution in [2.75, 3.05) is 13.1 Å². The average molecular weight is 361 g/mol. The maximum absolute atomic E-state index is 12.8. The van der Waals surface area contributed by atoms with E-state index in [0.29, 0.717) is 31.5 Å². The molecule has 2 aromatic carbocycles. The summed E-state index contributed by atoms with van der Waals surface area (Å²) in [5.74, 6) is 0.114. The lowest BCUT2D eigenvalue weighted by atomic mass is 9.88. The van der Waals surface area contributed by atoms with Crippen LogP contribution < -0.4 is 0 Å². The van der Waals surface area contributed by atoms with Crippen LogP contribution in [0.1, 0.15) is 33.6 Å². The van der Waals surface area contributed by atoms with Crippen LogP contribution in [0.3, 0.4) is 0 Å². The molecule has 0 atom stereocenters. The summed E-state index contributed by atoms with van der Waals surface area (Å²) in [7, 11) is 0. The molecule has 7 heteroatoms. The number of amides is 1. The van der Waals surface area contributed by atoms with Gasteiger partial charge in [-0.05, 0) is 41.5 Å². The van der Waals surface area contributed by atoms with Crippen molar-refractivity contribution < 1.29 is 9.59 Å². The van der Waals surface area contributed by atoms with Gasteiger partial charge >= 0.3 is 0 Å². The van der Waals surface area contributed by atoms with E-state index in [2.05, 4.69) is 15.5 Å². The van der Waals surface area contributed by atoms with Crippen molar-refractivity contribution in [3.05, 3.63) is 72.1 Å². The van der Waals surface area contributed by atoms with Crippen LogP contribution in [0.4, 0.5) is 0 Å².